The van der Waals surface area contributed by atoms with Gasteiger partial charge in [0.15, 0.2) is 0 Å². The molecule has 3 aliphatic rings. The topological polar surface area (TPSA) is 58.0 Å². The summed E-state index contributed by atoms with van der Waals surface area (Å²) < 4.78 is 32.8. The van der Waals surface area contributed by atoms with Gasteiger partial charge in [0.25, 0.3) is 0 Å². The number of nitrogens with zero attached hydrogens (tertiary/aromatic N) is 4. The van der Waals surface area contributed by atoms with Gasteiger partial charge in [-0.2, -0.15) is 5.10 Å². The molecule has 3 heterocycles. The van der Waals surface area contributed by atoms with E-state index < -0.39 is 12.0 Å². The van der Waals surface area contributed by atoms with E-state index in [-0.39, 0.29) is 30.3 Å². The number of ether oxygens (including phenoxy) is 1. The maximum absolute atomic E-state index is 13.5. The Balaban J connectivity index is 1.35. The number of amides is 2. The Morgan fingerprint density at radius 1 is 1.26 bits per heavy atom. The lowest BCUT2D eigenvalue weighted by molar-refractivity contribution is -0.124. The fourth-order valence-electron chi connectivity index (χ4n) is 4.01. The molecule has 2 amide bonds. The van der Waals surface area contributed by atoms with Crippen molar-refractivity contribution in [1.29, 1.82) is 0 Å². The molecule has 1 aromatic rings. The number of aromatic nitrogens is 1. The van der Waals surface area contributed by atoms with Gasteiger partial charge in [-0.1, -0.05) is 0 Å². The summed E-state index contributed by atoms with van der Waals surface area (Å²) >= 11 is 0. The molecular formula is C19H24F2N4O2. The Kier molecular flexibility index (Phi) is 5.08. The van der Waals surface area contributed by atoms with E-state index in [4.69, 9.17) is 4.74 Å². The number of hydrazone groups is 1. The van der Waals surface area contributed by atoms with Gasteiger partial charge >= 0.3 is 6.03 Å². The summed E-state index contributed by atoms with van der Waals surface area (Å²) in [5.74, 6) is -0.430. The van der Waals surface area contributed by atoms with Crippen molar-refractivity contribution in [3.8, 4) is 0 Å². The molecule has 0 aromatic carbocycles. The zero-order valence-electron chi connectivity index (χ0n) is 15.3. The smallest absolute Gasteiger partial charge is 0.341 e. The third kappa shape index (κ3) is 3.67. The molecular weight excluding hydrogens is 354 g/mol. The molecule has 2 fully saturated rings. The van der Waals surface area contributed by atoms with Gasteiger partial charge in [0.2, 0.25) is 0 Å². The van der Waals surface area contributed by atoms with Gasteiger partial charge in [0.1, 0.15) is 12.0 Å². The average Bonchev–Trinajstić information content (AvgIpc) is 3.15. The van der Waals surface area contributed by atoms with Crippen LogP contribution in [0.25, 0.3) is 0 Å². The zero-order chi connectivity index (χ0) is 19.0. The first-order valence-electron chi connectivity index (χ1n) is 9.55. The van der Waals surface area contributed by atoms with Crippen LogP contribution in [0.2, 0.25) is 0 Å². The lowest BCUT2D eigenvalue weighted by Crippen LogP contribution is -2.64. The van der Waals surface area contributed by atoms with Crippen molar-refractivity contribution >= 4 is 12.2 Å². The van der Waals surface area contributed by atoms with Crippen molar-refractivity contribution in [1.82, 2.24) is 14.9 Å². The van der Waals surface area contributed by atoms with Crippen molar-refractivity contribution in [2.24, 2.45) is 5.10 Å². The minimum atomic E-state index is -0.705. The normalized spacial score (nSPS) is 33.2. The van der Waals surface area contributed by atoms with E-state index in [0.29, 0.717) is 31.4 Å². The number of pyridine rings is 1. The molecule has 0 unspecified atom stereocenters. The predicted molar refractivity (Wildman–Crippen MR) is 95.5 cm³/mol. The second-order valence-corrected chi connectivity index (χ2v) is 7.55. The minimum Gasteiger partial charge on any atom is -0.371 e. The Labute approximate surface area is 157 Å². The van der Waals surface area contributed by atoms with Crippen LogP contribution in [0.15, 0.2) is 23.6 Å². The van der Waals surface area contributed by atoms with Crippen LogP contribution in [-0.4, -0.2) is 58.1 Å². The van der Waals surface area contributed by atoms with Crippen LogP contribution < -0.4 is 0 Å². The van der Waals surface area contributed by atoms with Crippen LogP contribution in [0, 0.1) is 5.82 Å². The maximum Gasteiger partial charge on any atom is 0.341 e. The molecule has 0 spiro atoms. The van der Waals surface area contributed by atoms with E-state index in [2.05, 4.69) is 10.1 Å². The fourth-order valence-corrected chi connectivity index (χ4v) is 4.01. The summed E-state index contributed by atoms with van der Waals surface area (Å²) in [5.41, 5.74) is 0.629. The van der Waals surface area contributed by atoms with Gasteiger partial charge in [0.05, 0.1) is 37.0 Å². The van der Waals surface area contributed by atoms with Crippen LogP contribution >= 0.6 is 0 Å². The van der Waals surface area contributed by atoms with Crippen LogP contribution in [-0.2, 0) is 4.74 Å². The molecule has 0 bridgehead atoms. The van der Waals surface area contributed by atoms with Crippen molar-refractivity contribution in [2.75, 3.05) is 6.54 Å². The highest BCUT2D eigenvalue weighted by Gasteiger charge is 2.44. The summed E-state index contributed by atoms with van der Waals surface area (Å²) in [6.07, 6.45) is 6.84. The molecule has 3 atom stereocenters. The summed E-state index contributed by atoms with van der Waals surface area (Å²) in [7, 11) is 0. The summed E-state index contributed by atoms with van der Waals surface area (Å²) in [5, 5.41) is 5.59. The highest BCUT2D eigenvalue weighted by Crippen LogP contribution is 2.33. The Morgan fingerprint density at radius 3 is 2.74 bits per heavy atom. The number of urea groups is 1. The molecule has 2 aliphatic heterocycles. The van der Waals surface area contributed by atoms with E-state index in [1.54, 1.807) is 17.3 Å². The predicted octanol–water partition coefficient (Wildman–Crippen LogP) is 3.44. The number of halogens is 2. The first-order valence-corrected chi connectivity index (χ1v) is 9.55. The zero-order valence-corrected chi connectivity index (χ0v) is 15.3. The number of rotatable bonds is 3. The Morgan fingerprint density at radius 2 is 2.04 bits per heavy atom. The highest BCUT2D eigenvalue weighted by molar-refractivity contribution is 5.79. The lowest BCUT2D eigenvalue weighted by atomic mass is 9.94. The molecule has 1 saturated heterocycles. The van der Waals surface area contributed by atoms with Gasteiger partial charge in [0, 0.05) is 18.8 Å². The largest absolute Gasteiger partial charge is 0.371 e. The number of alkyl halides is 1. The van der Waals surface area contributed by atoms with Crippen molar-refractivity contribution in [3.05, 3.63) is 29.8 Å². The molecule has 0 N–H and O–H groups in total. The van der Waals surface area contributed by atoms with Crippen molar-refractivity contribution in [3.63, 3.8) is 0 Å². The Hall–Kier alpha value is -2.09. The summed E-state index contributed by atoms with van der Waals surface area (Å²) in [6, 6.07) is 0.771. The van der Waals surface area contributed by atoms with Gasteiger partial charge in [-0.25, -0.2) is 18.6 Å². The third-order valence-corrected chi connectivity index (χ3v) is 5.76. The van der Waals surface area contributed by atoms with Gasteiger partial charge in [-0.05, 0) is 44.2 Å². The maximum atomic E-state index is 13.5. The second kappa shape index (κ2) is 7.50. The molecule has 27 heavy (non-hydrogen) atoms. The Bertz CT molecular complexity index is 723. The number of hydrogen-bond donors (Lipinski definition) is 0. The monoisotopic (exact) mass is 378 g/mol. The van der Waals surface area contributed by atoms with Crippen LogP contribution in [0.5, 0.6) is 0 Å². The second-order valence-electron chi connectivity index (χ2n) is 7.55. The average molecular weight is 378 g/mol. The van der Waals surface area contributed by atoms with Gasteiger partial charge in [-0.15, -0.1) is 0 Å². The van der Waals surface area contributed by atoms with Gasteiger partial charge in [-0.3, -0.25) is 4.98 Å². The molecule has 1 aliphatic carbocycles. The lowest BCUT2D eigenvalue weighted by Gasteiger charge is -2.48. The molecule has 0 radical (unpaired) electrons. The standard InChI is InChI=1S/C19H24F2N4O2/c1-12-18(27-16-4-2-14(20)3-5-16)11-24(12)19(26)25-17(6-7-23-25)13-8-15(21)10-22-9-13/h7-10,12,14,16-18H,2-6,11H2,1H3/t12-,14?,16?,17-,18-/m0/s1. The molecule has 146 valence electrons. The fraction of sp³-hybridized carbons (Fsp3) is 0.632. The number of hydrogen-bond acceptors (Lipinski definition) is 4. The van der Waals surface area contributed by atoms with E-state index >= 15 is 0 Å². The molecule has 1 saturated carbocycles. The summed E-state index contributed by atoms with van der Waals surface area (Å²) in [4.78, 5) is 18.5. The SMILES string of the molecule is C[C@H]1[C@@H](OC2CCC(F)CC2)CN1C(=O)N1N=CC[C@H]1c1cncc(F)c1. The summed E-state index contributed by atoms with van der Waals surface area (Å²) in [6.45, 7) is 2.45. The first kappa shape index (κ1) is 18.3. The molecule has 6 nitrogen and oxygen atoms in total. The van der Waals surface area contributed by atoms with Crippen molar-refractivity contribution in [2.45, 2.75) is 69.5 Å². The van der Waals surface area contributed by atoms with Crippen LogP contribution in [0.1, 0.15) is 50.6 Å². The van der Waals surface area contributed by atoms with E-state index in [0.717, 1.165) is 19.0 Å². The number of carbonyl (C=O) groups is 1. The van der Waals surface area contributed by atoms with Crippen LogP contribution in [0.3, 0.4) is 0 Å². The molecule has 8 heteroatoms. The molecule has 4 rings (SSSR count). The van der Waals surface area contributed by atoms with Gasteiger partial charge < -0.3 is 9.64 Å². The quantitative estimate of drug-likeness (QED) is 0.810. The van der Waals surface area contributed by atoms with Crippen molar-refractivity contribution < 1.29 is 18.3 Å². The molecule has 1 aromatic heterocycles. The van der Waals surface area contributed by atoms with E-state index in [1.807, 2.05) is 6.92 Å². The number of likely N-dealkylation sites (tertiary alicyclic amines) is 1. The first-order chi connectivity index (χ1) is 13.0. The number of carbonyl (C=O) groups excluding carboxylic acids is 1. The van der Waals surface area contributed by atoms with Crippen LogP contribution in [0.4, 0.5) is 13.6 Å². The van der Waals surface area contributed by atoms with E-state index in [1.165, 1.54) is 11.1 Å². The van der Waals surface area contributed by atoms with E-state index in [9.17, 15) is 13.6 Å². The highest BCUT2D eigenvalue weighted by atomic mass is 19.1. The third-order valence-electron chi connectivity index (χ3n) is 5.76. The minimum absolute atomic E-state index is 0.0315.